The van der Waals surface area contributed by atoms with Crippen molar-refractivity contribution in [1.29, 1.82) is 0 Å². The number of nitrogens with zero attached hydrogens (tertiary/aromatic N) is 1. The Morgan fingerprint density at radius 1 is 1.33 bits per heavy atom. The first-order valence-electron chi connectivity index (χ1n) is 6.01. The maximum atomic E-state index is 13.3. The second-order valence-electron chi connectivity index (χ2n) is 4.32. The van der Waals surface area contributed by atoms with E-state index in [0.717, 1.165) is 17.0 Å². The fourth-order valence-electron chi connectivity index (χ4n) is 1.60. The van der Waals surface area contributed by atoms with Gasteiger partial charge in [-0.1, -0.05) is 11.6 Å². The summed E-state index contributed by atoms with van der Waals surface area (Å²) in [5.74, 6) is -2.01. The lowest BCUT2D eigenvalue weighted by atomic mass is 10.3. The van der Waals surface area contributed by atoms with Crippen molar-refractivity contribution < 1.29 is 18.3 Å². The van der Waals surface area contributed by atoms with E-state index < -0.39 is 11.6 Å². The molecule has 1 amide bonds. The largest absolute Gasteiger partial charge is 0.481 e. The Balaban J connectivity index is 1.89. The minimum atomic E-state index is -0.838. The van der Waals surface area contributed by atoms with Crippen LogP contribution in [0.3, 0.4) is 0 Å². The molecule has 21 heavy (non-hydrogen) atoms. The second kappa shape index (κ2) is 6.87. The molecule has 0 N–H and O–H groups in total. The summed E-state index contributed by atoms with van der Waals surface area (Å²) in [6.07, 6.45) is 0. The maximum absolute atomic E-state index is 13.3. The van der Waals surface area contributed by atoms with Crippen molar-refractivity contribution in [2.75, 3.05) is 13.7 Å². The highest BCUT2D eigenvalue weighted by Gasteiger charge is 2.13. The van der Waals surface area contributed by atoms with Gasteiger partial charge >= 0.3 is 0 Å². The van der Waals surface area contributed by atoms with Gasteiger partial charge in [0.1, 0.15) is 5.82 Å². The normalized spacial score (nSPS) is 10.5. The molecule has 0 bridgehead atoms. The lowest BCUT2D eigenvalue weighted by Crippen LogP contribution is -2.30. The third-order valence-corrected chi connectivity index (χ3v) is 3.91. The van der Waals surface area contributed by atoms with Crippen LogP contribution in [0.2, 0.25) is 4.34 Å². The van der Waals surface area contributed by atoms with Crippen molar-refractivity contribution in [3.05, 3.63) is 51.2 Å². The third-order valence-electron chi connectivity index (χ3n) is 2.69. The van der Waals surface area contributed by atoms with Crippen LogP contribution < -0.4 is 4.74 Å². The van der Waals surface area contributed by atoms with Gasteiger partial charge in [0.2, 0.25) is 0 Å². The number of rotatable bonds is 5. The number of hydrogen-bond donors (Lipinski definition) is 0. The van der Waals surface area contributed by atoms with Crippen LogP contribution in [0.5, 0.6) is 5.75 Å². The summed E-state index contributed by atoms with van der Waals surface area (Å²) in [7, 11) is 1.61. The van der Waals surface area contributed by atoms with E-state index in [2.05, 4.69) is 0 Å². The number of hydrogen-bond acceptors (Lipinski definition) is 3. The summed E-state index contributed by atoms with van der Waals surface area (Å²) in [4.78, 5) is 14.3. The van der Waals surface area contributed by atoms with Crippen molar-refractivity contribution >= 4 is 28.8 Å². The van der Waals surface area contributed by atoms with E-state index in [1.807, 2.05) is 6.07 Å². The van der Waals surface area contributed by atoms with Gasteiger partial charge in [-0.2, -0.15) is 0 Å². The van der Waals surface area contributed by atoms with Gasteiger partial charge in [-0.15, -0.1) is 11.3 Å². The standard InChI is InChI=1S/C14H12ClF2NO2S/c1-18(7-10-3-5-13(15)21-10)14(19)8-20-12-4-2-9(16)6-11(12)17/h2-6H,7-8H2,1H3. The van der Waals surface area contributed by atoms with Gasteiger partial charge in [0.15, 0.2) is 18.2 Å². The Hall–Kier alpha value is -1.66. The summed E-state index contributed by atoms with van der Waals surface area (Å²) in [6, 6.07) is 6.51. The van der Waals surface area contributed by atoms with Gasteiger partial charge in [0.25, 0.3) is 5.91 Å². The third kappa shape index (κ3) is 4.41. The first kappa shape index (κ1) is 15.7. The van der Waals surface area contributed by atoms with E-state index in [-0.39, 0.29) is 18.3 Å². The molecule has 0 unspecified atom stereocenters. The Bertz CT molecular complexity index is 648. The average molecular weight is 332 g/mol. The smallest absolute Gasteiger partial charge is 0.260 e. The number of carbonyl (C=O) groups excluding carboxylic acids is 1. The summed E-state index contributed by atoms with van der Waals surface area (Å²) in [6.45, 7) is 0.0731. The highest BCUT2D eigenvalue weighted by atomic mass is 35.5. The van der Waals surface area contributed by atoms with Crippen molar-refractivity contribution in [3.63, 3.8) is 0 Å². The van der Waals surface area contributed by atoms with Crippen LogP contribution in [0.4, 0.5) is 8.78 Å². The number of likely N-dealkylation sites (N-methyl/N-ethyl adjacent to an activating group) is 1. The SMILES string of the molecule is CN(Cc1ccc(Cl)s1)C(=O)COc1ccc(F)cc1F. The molecule has 3 nitrogen and oxygen atoms in total. The number of benzene rings is 1. The number of carbonyl (C=O) groups is 1. The first-order valence-corrected chi connectivity index (χ1v) is 7.21. The molecule has 1 aromatic carbocycles. The van der Waals surface area contributed by atoms with E-state index in [9.17, 15) is 13.6 Å². The fourth-order valence-corrected chi connectivity index (χ4v) is 2.74. The molecule has 7 heteroatoms. The second-order valence-corrected chi connectivity index (χ2v) is 6.12. The minimum Gasteiger partial charge on any atom is -0.481 e. The van der Waals surface area contributed by atoms with Gasteiger partial charge in [0.05, 0.1) is 10.9 Å². The minimum absolute atomic E-state index is 0.155. The molecule has 0 aliphatic heterocycles. The zero-order chi connectivity index (χ0) is 15.4. The molecule has 0 fully saturated rings. The van der Waals surface area contributed by atoms with Crippen LogP contribution in [-0.2, 0) is 11.3 Å². The van der Waals surface area contributed by atoms with E-state index in [4.69, 9.17) is 16.3 Å². The van der Waals surface area contributed by atoms with Crippen LogP contribution >= 0.6 is 22.9 Å². The summed E-state index contributed by atoms with van der Waals surface area (Å²) < 4.78 is 31.8. The number of thiophene rings is 1. The molecule has 112 valence electrons. The molecule has 0 radical (unpaired) electrons. The molecule has 0 aliphatic rings. The van der Waals surface area contributed by atoms with E-state index in [1.165, 1.54) is 16.2 Å². The van der Waals surface area contributed by atoms with Gasteiger partial charge in [-0.25, -0.2) is 8.78 Å². The lowest BCUT2D eigenvalue weighted by Gasteiger charge is -2.16. The Morgan fingerprint density at radius 3 is 2.71 bits per heavy atom. The summed E-state index contributed by atoms with van der Waals surface area (Å²) >= 11 is 7.19. The molecule has 1 heterocycles. The van der Waals surface area contributed by atoms with E-state index in [0.29, 0.717) is 16.9 Å². The van der Waals surface area contributed by atoms with Crippen molar-refractivity contribution in [2.45, 2.75) is 6.54 Å². The maximum Gasteiger partial charge on any atom is 0.260 e. The van der Waals surface area contributed by atoms with Crippen molar-refractivity contribution in [3.8, 4) is 5.75 Å². The predicted molar refractivity (Wildman–Crippen MR) is 77.7 cm³/mol. The van der Waals surface area contributed by atoms with E-state index in [1.54, 1.807) is 13.1 Å². The monoisotopic (exact) mass is 331 g/mol. The molecular weight excluding hydrogens is 320 g/mol. The van der Waals surface area contributed by atoms with Crippen LogP contribution in [0.25, 0.3) is 0 Å². The lowest BCUT2D eigenvalue weighted by molar-refractivity contribution is -0.132. The van der Waals surface area contributed by atoms with Gasteiger partial charge < -0.3 is 9.64 Å². The summed E-state index contributed by atoms with van der Waals surface area (Å²) in [5.41, 5.74) is 0. The van der Waals surface area contributed by atoms with Crippen LogP contribution in [0.1, 0.15) is 4.88 Å². The molecule has 1 aromatic heterocycles. The average Bonchev–Trinajstić information content (AvgIpc) is 2.82. The van der Waals surface area contributed by atoms with Crippen LogP contribution in [-0.4, -0.2) is 24.5 Å². The number of halogens is 3. The van der Waals surface area contributed by atoms with Crippen LogP contribution in [0, 0.1) is 11.6 Å². The van der Waals surface area contributed by atoms with Crippen molar-refractivity contribution in [2.24, 2.45) is 0 Å². The molecule has 2 aromatic rings. The Labute approximate surface area is 129 Å². The fraction of sp³-hybridized carbons (Fsp3) is 0.214. The highest BCUT2D eigenvalue weighted by Crippen LogP contribution is 2.22. The molecular formula is C14H12ClF2NO2S. The number of ether oxygens (including phenoxy) is 1. The Kier molecular flexibility index (Phi) is 5.14. The van der Waals surface area contributed by atoms with Gasteiger partial charge in [-0.05, 0) is 24.3 Å². The highest BCUT2D eigenvalue weighted by molar-refractivity contribution is 7.16. The number of amides is 1. The topological polar surface area (TPSA) is 29.5 Å². The quantitative estimate of drug-likeness (QED) is 0.835. The molecule has 0 atom stereocenters. The first-order chi connectivity index (χ1) is 9.95. The molecule has 0 saturated carbocycles. The van der Waals surface area contributed by atoms with Crippen LogP contribution in [0.15, 0.2) is 30.3 Å². The zero-order valence-electron chi connectivity index (χ0n) is 11.1. The zero-order valence-corrected chi connectivity index (χ0v) is 12.7. The molecule has 2 rings (SSSR count). The predicted octanol–water partition coefficient (Wildman–Crippen LogP) is 3.72. The summed E-state index contributed by atoms with van der Waals surface area (Å²) in [5, 5.41) is 0. The van der Waals surface area contributed by atoms with Crippen molar-refractivity contribution in [1.82, 2.24) is 4.90 Å². The molecule has 0 aliphatic carbocycles. The Morgan fingerprint density at radius 2 is 2.10 bits per heavy atom. The van der Waals surface area contributed by atoms with Gasteiger partial charge in [-0.3, -0.25) is 4.79 Å². The van der Waals surface area contributed by atoms with E-state index >= 15 is 0 Å². The molecule has 0 spiro atoms. The molecule has 0 saturated heterocycles. The van der Waals surface area contributed by atoms with Gasteiger partial charge in [0, 0.05) is 18.0 Å².